The van der Waals surface area contributed by atoms with Gasteiger partial charge in [-0.1, -0.05) is 0 Å². The summed E-state index contributed by atoms with van der Waals surface area (Å²) in [6.45, 7) is 4.56. The fourth-order valence-electron chi connectivity index (χ4n) is 6.37. The van der Waals surface area contributed by atoms with E-state index in [1.165, 1.54) is 59.3 Å². The van der Waals surface area contributed by atoms with Gasteiger partial charge < -0.3 is 9.80 Å². The first kappa shape index (κ1) is 22.6. The smallest absolute Gasteiger partial charge is 0.176 e. The third kappa shape index (κ3) is 4.18. The van der Waals surface area contributed by atoms with Crippen molar-refractivity contribution in [1.82, 2.24) is 0 Å². The molecule has 2 aromatic carbocycles. The highest BCUT2D eigenvalue weighted by atomic mass is 15.1. The van der Waals surface area contributed by atoms with Gasteiger partial charge in [0.25, 0.3) is 0 Å². The van der Waals surface area contributed by atoms with E-state index in [4.69, 9.17) is 0 Å². The van der Waals surface area contributed by atoms with Crippen LogP contribution >= 0.6 is 0 Å². The van der Waals surface area contributed by atoms with E-state index >= 15 is 0 Å². The Bertz CT molecular complexity index is 1220. The minimum absolute atomic E-state index is 0.0483. The first-order valence-corrected chi connectivity index (χ1v) is 13.2. The molecule has 4 heterocycles. The number of benzene rings is 2. The molecule has 6 heteroatoms. The molecule has 0 atom stereocenters. The predicted octanol–water partition coefficient (Wildman–Crippen LogP) is 4.88. The number of anilines is 2. The normalized spacial score (nSPS) is 18.9. The zero-order valence-electron chi connectivity index (χ0n) is 20.6. The molecule has 0 aromatic heterocycles. The molecule has 0 saturated carbocycles. The van der Waals surface area contributed by atoms with Gasteiger partial charge in [-0.25, -0.2) is 9.98 Å². The van der Waals surface area contributed by atoms with Gasteiger partial charge in [0.1, 0.15) is 12.1 Å². The Kier molecular flexibility index (Phi) is 6.03. The maximum atomic E-state index is 9.76. The molecule has 0 aliphatic carbocycles. The van der Waals surface area contributed by atoms with Crippen molar-refractivity contribution in [2.24, 2.45) is 9.98 Å². The number of hydrogen-bond acceptors (Lipinski definition) is 6. The fourth-order valence-corrected chi connectivity index (χ4v) is 6.37. The first-order chi connectivity index (χ1) is 17.7. The minimum Gasteiger partial charge on any atom is -0.371 e. The summed E-state index contributed by atoms with van der Waals surface area (Å²) in [5, 5.41) is 19.5. The highest BCUT2D eigenvalue weighted by Gasteiger charge is 2.25. The Morgan fingerprint density at radius 1 is 0.611 bits per heavy atom. The molecule has 0 unspecified atom stereocenters. The van der Waals surface area contributed by atoms with Gasteiger partial charge in [-0.3, -0.25) is 0 Å². The van der Waals surface area contributed by atoms with Crippen LogP contribution in [0.25, 0.3) is 0 Å². The monoisotopic (exact) mass is 474 g/mol. The van der Waals surface area contributed by atoms with Crippen molar-refractivity contribution in [1.29, 1.82) is 10.5 Å². The van der Waals surface area contributed by atoms with Crippen LogP contribution in [0.1, 0.15) is 59.1 Å². The van der Waals surface area contributed by atoms with Crippen LogP contribution < -0.4 is 9.80 Å². The maximum Gasteiger partial charge on any atom is 0.176 e. The molecule has 0 spiro atoms. The van der Waals surface area contributed by atoms with Crippen molar-refractivity contribution in [3.05, 3.63) is 69.0 Å². The molecule has 4 aliphatic rings. The number of aryl methyl sites for hydroxylation is 4. The molecule has 0 radical (unpaired) electrons. The third-order valence-electron chi connectivity index (χ3n) is 7.83. The van der Waals surface area contributed by atoms with Crippen LogP contribution in [0.3, 0.4) is 0 Å². The molecule has 6 rings (SSSR count). The second-order valence-electron chi connectivity index (χ2n) is 10.2. The summed E-state index contributed by atoms with van der Waals surface area (Å²) >= 11 is 0. The minimum atomic E-state index is 0.0483. The fraction of sp³-hybridized carbons (Fsp3) is 0.400. The SMILES string of the molecule is N#C/C(N=Cc1cc2c3c(c1)CCCN3CCC2)=C(\C#N)N=Cc1cc2c3c(c1)CCCN3CCC2. The van der Waals surface area contributed by atoms with Crippen LogP contribution in [-0.2, 0) is 25.7 Å². The van der Waals surface area contributed by atoms with Gasteiger partial charge in [0, 0.05) is 50.0 Å². The lowest BCUT2D eigenvalue weighted by Gasteiger charge is -2.37. The van der Waals surface area contributed by atoms with E-state index in [2.05, 4.69) is 56.2 Å². The maximum absolute atomic E-state index is 9.76. The number of rotatable bonds is 4. The van der Waals surface area contributed by atoms with Gasteiger partial charge in [0.05, 0.1) is 0 Å². The van der Waals surface area contributed by atoms with Crippen molar-refractivity contribution in [3.8, 4) is 12.1 Å². The average molecular weight is 475 g/mol. The Hall–Kier alpha value is -3.90. The van der Waals surface area contributed by atoms with Crippen LogP contribution in [-0.4, -0.2) is 38.6 Å². The van der Waals surface area contributed by atoms with Gasteiger partial charge in [-0.05, 0) is 109 Å². The Labute approximate surface area is 212 Å². The van der Waals surface area contributed by atoms with Crippen LogP contribution in [0.15, 0.2) is 45.6 Å². The van der Waals surface area contributed by atoms with Crippen LogP contribution in [0.4, 0.5) is 11.4 Å². The zero-order valence-corrected chi connectivity index (χ0v) is 20.6. The Morgan fingerprint density at radius 3 is 1.25 bits per heavy atom. The van der Waals surface area contributed by atoms with Gasteiger partial charge in [0.15, 0.2) is 11.4 Å². The molecular weight excluding hydrogens is 444 g/mol. The molecule has 4 aliphatic heterocycles. The van der Waals surface area contributed by atoms with Crippen molar-refractivity contribution in [2.45, 2.75) is 51.4 Å². The molecule has 0 fully saturated rings. The number of hydrogen-bond donors (Lipinski definition) is 0. The molecule has 0 bridgehead atoms. The highest BCUT2D eigenvalue weighted by Crippen LogP contribution is 2.37. The molecule has 0 amide bonds. The molecular formula is C30H30N6. The van der Waals surface area contributed by atoms with Gasteiger partial charge in [0.2, 0.25) is 0 Å². The van der Waals surface area contributed by atoms with Crippen LogP contribution in [0.5, 0.6) is 0 Å². The standard InChI is InChI=1S/C30H30N6/c31-17-27(33-19-21-13-23-5-1-9-35-10-2-6-24(14-21)29(23)35)28(18-32)34-20-22-15-25-7-3-11-36-12-4-8-26(16-22)30(25)36/h13-16,19-20H,1-12H2/b28-27-,33-19?,34-20?. The van der Waals surface area contributed by atoms with Crippen LogP contribution in [0.2, 0.25) is 0 Å². The second-order valence-corrected chi connectivity index (χ2v) is 10.2. The molecule has 0 N–H and O–H groups in total. The second kappa shape index (κ2) is 9.63. The van der Waals surface area contributed by atoms with E-state index in [0.29, 0.717) is 0 Å². The summed E-state index contributed by atoms with van der Waals surface area (Å²) in [5.74, 6) is 0. The summed E-state index contributed by atoms with van der Waals surface area (Å²) in [4.78, 5) is 13.9. The summed E-state index contributed by atoms with van der Waals surface area (Å²) in [6.07, 6.45) is 12.4. The number of allylic oxidation sites excluding steroid dienone is 2. The molecule has 2 aromatic rings. The highest BCUT2D eigenvalue weighted by molar-refractivity contribution is 5.85. The van der Waals surface area contributed by atoms with E-state index < -0.39 is 0 Å². The predicted molar refractivity (Wildman–Crippen MR) is 144 cm³/mol. The van der Waals surface area contributed by atoms with Crippen molar-refractivity contribution in [3.63, 3.8) is 0 Å². The van der Waals surface area contributed by atoms with Gasteiger partial charge in [-0.15, -0.1) is 0 Å². The van der Waals surface area contributed by atoms with Crippen molar-refractivity contribution < 1.29 is 0 Å². The molecule has 36 heavy (non-hydrogen) atoms. The molecule has 180 valence electrons. The Balaban J connectivity index is 1.28. The quantitative estimate of drug-likeness (QED) is 0.467. The summed E-state index contributed by atoms with van der Waals surface area (Å²) in [6, 6.07) is 12.9. The average Bonchev–Trinajstić information content (AvgIpc) is 2.91. The number of nitrogens with zero attached hydrogens (tertiary/aromatic N) is 6. The molecule has 6 nitrogen and oxygen atoms in total. The summed E-state index contributed by atoms with van der Waals surface area (Å²) in [5.41, 5.74) is 10.4. The Morgan fingerprint density at radius 2 is 0.944 bits per heavy atom. The lowest BCUT2D eigenvalue weighted by atomic mass is 9.90. The van der Waals surface area contributed by atoms with E-state index in [-0.39, 0.29) is 11.4 Å². The van der Waals surface area contributed by atoms with E-state index in [1.807, 2.05) is 0 Å². The summed E-state index contributed by atoms with van der Waals surface area (Å²) < 4.78 is 0. The lowest BCUT2D eigenvalue weighted by molar-refractivity contribution is 0.634. The third-order valence-corrected chi connectivity index (χ3v) is 7.83. The van der Waals surface area contributed by atoms with Gasteiger partial charge >= 0.3 is 0 Å². The van der Waals surface area contributed by atoms with Crippen molar-refractivity contribution in [2.75, 3.05) is 36.0 Å². The van der Waals surface area contributed by atoms with E-state index in [9.17, 15) is 10.5 Å². The zero-order chi connectivity index (χ0) is 24.5. The largest absolute Gasteiger partial charge is 0.371 e. The van der Waals surface area contributed by atoms with Gasteiger partial charge in [-0.2, -0.15) is 10.5 Å². The topological polar surface area (TPSA) is 78.8 Å². The number of aliphatic imine (C=N–C) groups is 2. The van der Waals surface area contributed by atoms with E-state index in [0.717, 1.165) is 63.0 Å². The molecule has 0 saturated heterocycles. The number of nitriles is 2. The summed E-state index contributed by atoms with van der Waals surface area (Å²) in [7, 11) is 0. The first-order valence-electron chi connectivity index (χ1n) is 13.2. The van der Waals surface area contributed by atoms with Crippen molar-refractivity contribution >= 4 is 23.8 Å². The van der Waals surface area contributed by atoms with E-state index in [1.54, 1.807) is 12.4 Å². The lowest BCUT2D eigenvalue weighted by Crippen LogP contribution is -2.34. The van der Waals surface area contributed by atoms with Crippen LogP contribution in [0, 0.1) is 22.7 Å².